The van der Waals surface area contributed by atoms with E-state index in [-0.39, 0.29) is 19.5 Å². The van der Waals surface area contributed by atoms with Gasteiger partial charge in [0.15, 0.2) is 0 Å². The molecule has 2 aromatic carbocycles. The van der Waals surface area contributed by atoms with Gasteiger partial charge in [-0.2, -0.15) is 0 Å². The molecule has 0 fully saturated rings. The van der Waals surface area contributed by atoms with Gasteiger partial charge in [-0.1, -0.05) is 334 Å². The van der Waals surface area contributed by atoms with E-state index < -0.39 is 0 Å². The fraction of sp³-hybridized carbons (Fsp3) is 0.800. The fourth-order valence-corrected chi connectivity index (χ4v) is 12.4. The smallest absolute Gasteiger partial charge is 0.485 e. The summed E-state index contributed by atoms with van der Waals surface area (Å²) < 4.78 is 2.32. The van der Waals surface area contributed by atoms with E-state index >= 15 is 0 Å². The molecule has 2 N–H and O–H groups in total. The molecule has 0 aliphatic heterocycles. The molecule has 2 nitrogen and oxygen atoms in total. The first kappa shape index (κ1) is 79.3. The summed E-state index contributed by atoms with van der Waals surface area (Å²) in [6.07, 6.45) is 71.2. The van der Waals surface area contributed by atoms with Gasteiger partial charge in [-0.25, -0.2) is 0 Å². The third kappa shape index (κ3) is 45.3. The van der Waals surface area contributed by atoms with Crippen molar-refractivity contribution in [1.82, 2.24) is 0 Å². The van der Waals surface area contributed by atoms with Gasteiger partial charge in [-0.05, 0) is 74.6 Å². The number of nitrogens with one attached hydrogen (secondary N) is 2. The molecule has 0 aliphatic carbocycles. The average Bonchev–Trinajstić information content (AvgIpc) is 3.44. The van der Waals surface area contributed by atoms with Gasteiger partial charge in [0.1, 0.15) is 11.4 Å². The number of thiocarbonyl (C=S) groups is 2. The molecule has 2 rings (SSSR count). The zero-order valence-electron chi connectivity index (χ0n) is 52.4. The summed E-state index contributed by atoms with van der Waals surface area (Å²) in [7, 11) is 0. The van der Waals surface area contributed by atoms with Crippen molar-refractivity contribution in [2.75, 3.05) is 0 Å². The molecule has 2 unspecified atom stereocenters. The predicted octanol–water partition coefficient (Wildman–Crippen LogP) is 22.0. The van der Waals surface area contributed by atoms with Crippen LogP contribution >= 0.6 is 24.4 Å². The van der Waals surface area contributed by atoms with E-state index in [1.165, 1.54) is 330 Å². The quantitative estimate of drug-likeness (QED) is 0.0293. The minimum atomic E-state index is 0. The first-order valence-corrected chi connectivity index (χ1v) is 36.4. The minimum absolute atomic E-state index is 0. The summed E-state index contributed by atoms with van der Waals surface area (Å²) in [6.45, 7) is 9.18. The van der Waals surface area contributed by atoms with Crippen LogP contribution in [0.5, 0.6) is 0 Å². The second-order valence-corrected chi connectivity index (χ2v) is 26.6. The van der Waals surface area contributed by atoms with E-state index in [2.05, 4.69) is 64.1 Å². The van der Waals surface area contributed by atoms with Gasteiger partial charge in [0.05, 0.1) is 0 Å². The largest absolute Gasteiger partial charge is 2.00 e. The topological polar surface area (TPSA) is 8.88 Å². The van der Waals surface area contributed by atoms with Crippen LogP contribution in [0.1, 0.15) is 358 Å². The third-order valence-corrected chi connectivity index (χ3v) is 18.7. The zero-order chi connectivity index (χ0) is 56.8. The molecule has 0 aliphatic rings. The minimum Gasteiger partial charge on any atom is -0.485 e. The Balaban J connectivity index is 0.00000152. The number of hydrogen-bond acceptors (Lipinski definition) is 6. The molecule has 0 radical (unpaired) electrons. The summed E-state index contributed by atoms with van der Waals surface area (Å²) in [5, 5.41) is 0. The Kier molecular flexibility index (Phi) is 60.2. The first-order valence-electron chi connectivity index (χ1n) is 34.0. The molecule has 0 saturated carbocycles. The van der Waals surface area contributed by atoms with Crippen LogP contribution < -0.4 is 8.61 Å². The summed E-state index contributed by atoms with van der Waals surface area (Å²) in [6, 6.07) is 13.3. The second kappa shape index (κ2) is 60.0. The molecule has 0 saturated heterocycles. The predicted molar refractivity (Wildman–Crippen MR) is 368 cm³/mol. The summed E-state index contributed by atoms with van der Waals surface area (Å²) in [5.41, 5.74) is 8.12. The van der Waals surface area contributed by atoms with Crippen LogP contribution in [0, 0.1) is 0 Å². The van der Waals surface area contributed by atoms with Crippen molar-refractivity contribution in [2.24, 2.45) is 0 Å². The number of aryl methyl sites for hydroxylation is 2. The van der Waals surface area contributed by atoms with Gasteiger partial charge in [0.2, 0.25) is 0 Å². The van der Waals surface area contributed by atoms with E-state index in [1.807, 2.05) is 0 Å². The Hall–Kier alpha value is 0.303. The molecule has 452 valence electrons. The molecule has 0 aromatic heterocycles. The summed E-state index contributed by atoms with van der Waals surface area (Å²) >= 11 is 32.6. The molecule has 2 aromatic rings. The van der Waals surface area contributed by atoms with Crippen molar-refractivity contribution >= 4 is 95.3 Å². The van der Waals surface area contributed by atoms with Crippen molar-refractivity contribution < 1.29 is 28.1 Å². The van der Waals surface area contributed by atoms with Gasteiger partial charge in [0, 0.05) is 19.8 Å². The second-order valence-electron chi connectivity index (χ2n) is 23.7. The number of hydrogen-bond donors (Lipinski definition) is 2. The van der Waals surface area contributed by atoms with Crippen LogP contribution in [-0.4, -0.2) is 8.64 Å². The number of quaternary nitrogens is 2. The Labute approximate surface area is 539 Å². The molecule has 0 amide bonds. The molecule has 0 bridgehead atoms. The zero-order valence-corrected chi connectivity index (χ0v) is 60.3. The number of rotatable bonds is 54. The van der Waals surface area contributed by atoms with Gasteiger partial charge in [-0.3, -0.25) is 0 Å². The van der Waals surface area contributed by atoms with Gasteiger partial charge < -0.3 is 83.9 Å². The summed E-state index contributed by atoms with van der Waals surface area (Å²) in [5.74, 6) is 0. The Morgan fingerprint density at radius 2 is 0.468 bits per heavy atom. The number of unbranched alkanes of at least 4 members (excludes halogenated alkanes) is 44. The van der Waals surface area contributed by atoms with Gasteiger partial charge in [-0.15, -0.1) is 0 Å². The molecular weight excluding hydrogens is 1130 g/mol. The van der Waals surface area contributed by atoms with Gasteiger partial charge in [0.25, 0.3) is 0 Å². The fourth-order valence-electron chi connectivity index (χ4n) is 11.6. The van der Waals surface area contributed by atoms with Crippen molar-refractivity contribution in [1.29, 1.82) is 0 Å². The van der Waals surface area contributed by atoms with Crippen LogP contribution in [0.4, 0.5) is 11.4 Å². The third-order valence-electron chi connectivity index (χ3n) is 16.6. The normalized spacial score (nSPS) is 12.0. The van der Waals surface area contributed by atoms with E-state index in [1.54, 1.807) is 0 Å². The van der Waals surface area contributed by atoms with Crippen molar-refractivity contribution in [3.63, 3.8) is 0 Å². The molecule has 2 atom stereocenters. The Morgan fingerprint density at radius 3 is 0.658 bits per heavy atom. The van der Waals surface area contributed by atoms with Crippen LogP contribution in [0.2, 0.25) is 0 Å². The van der Waals surface area contributed by atoms with Crippen LogP contribution in [-0.2, 0) is 96.0 Å². The molecular formula is C70H124N2S6Zn. The maximum absolute atomic E-state index is 5.67. The van der Waals surface area contributed by atoms with Crippen LogP contribution in [0.15, 0.2) is 36.4 Å². The van der Waals surface area contributed by atoms with Crippen LogP contribution in [0.3, 0.4) is 0 Å². The number of benzene rings is 2. The van der Waals surface area contributed by atoms with Crippen molar-refractivity contribution in [2.45, 2.75) is 362 Å². The van der Waals surface area contributed by atoms with Crippen LogP contribution in [0.25, 0.3) is 0 Å². The van der Waals surface area contributed by atoms with E-state index in [0.29, 0.717) is 17.3 Å². The standard InChI is InChI=1S/2C35H63NS3.Zn/c2*1-3-5-7-9-11-13-15-17-19-21-23-25-28-32-29-27-31-34(36(39)35(37)38)33(32)30-26-24-22-20-18-16-14-12-10-8-6-4-2;/h2*27,29,31,36H,3-26,28,30H2,1-2H3,(H,37,38);/q;;+2/p-2. The molecule has 9 heteroatoms. The van der Waals surface area contributed by atoms with E-state index in [4.69, 9.17) is 75.3 Å². The SMILES string of the molecule is CCCCCCCCCCCCCCc1cccc([NH+]([S-])C(=S)[S-])c1CCCCCCCCCCCCCC.CCCCCCCCCCCCCCc1cccc([NH+]([S-])C(=S)[S-])c1CCCCCCCCCCCCCC.[Zn+2]. The Bertz CT molecular complexity index is 1540. The monoisotopic (exact) mass is 1250 g/mol. The van der Waals surface area contributed by atoms with Gasteiger partial charge >= 0.3 is 19.5 Å². The molecule has 0 heterocycles. The first-order chi connectivity index (χ1) is 38.2. The van der Waals surface area contributed by atoms with E-state index in [9.17, 15) is 0 Å². The average molecular weight is 1250 g/mol. The summed E-state index contributed by atoms with van der Waals surface area (Å²) in [4.78, 5) is 0. The van der Waals surface area contributed by atoms with Crippen molar-refractivity contribution in [3.05, 3.63) is 58.7 Å². The maximum atomic E-state index is 5.67. The molecule has 0 spiro atoms. The maximum Gasteiger partial charge on any atom is 2.00 e. The molecule has 79 heavy (non-hydrogen) atoms. The van der Waals surface area contributed by atoms with Crippen molar-refractivity contribution in [3.8, 4) is 0 Å². The van der Waals surface area contributed by atoms with E-state index in [0.717, 1.165) is 37.1 Å². The Morgan fingerprint density at radius 1 is 0.291 bits per heavy atom.